The van der Waals surface area contributed by atoms with Crippen LogP contribution in [0, 0.1) is 5.82 Å². The quantitative estimate of drug-likeness (QED) is 0.845. The lowest BCUT2D eigenvalue weighted by Gasteiger charge is -2.23. The number of carbonyl (C=O) groups excluding carboxylic acids is 1. The molecule has 1 heterocycles. The molecule has 1 aliphatic rings. The van der Waals surface area contributed by atoms with Gasteiger partial charge in [0.15, 0.2) is 11.6 Å². The van der Waals surface area contributed by atoms with Gasteiger partial charge in [0.2, 0.25) is 5.91 Å². The molecule has 0 aliphatic carbocycles. The monoisotopic (exact) mass is 292 g/mol. The number of hydrogen-bond acceptors (Lipinski definition) is 3. The van der Waals surface area contributed by atoms with E-state index < -0.39 is 5.82 Å². The second-order valence-electron chi connectivity index (χ2n) is 5.11. The first kappa shape index (κ1) is 15.5. The summed E-state index contributed by atoms with van der Waals surface area (Å²) in [6, 6.07) is 4.89. The Morgan fingerprint density at radius 3 is 3.05 bits per heavy atom. The molecule has 2 rings (SSSR count). The maximum Gasteiger partial charge on any atom is 0.246 e. The van der Waals surface area contributed by atoms with Gasteiger partial charge in [-0.3, -0.25) is 4.79 Å². The van der Waals surface area contributed by atoms with Crippen LogP contribution in [-0.4, -0.2) is 44.1 Å². The van der Waals surface area contributed by atoms with Crippen molar-refractivity contribution in [3.05, 3.63) is 35.7 Å². The van der Waals surface area contributed by atoms with E-state index in [0.717, 1.165) is 25.9 Å². The normalized spacial score (nSPS) is 18.4. The minimum atomic E-state index is -0.429. The minimum absolute atomic E-state index is 0.0241. The predicted molar refractivity (Wildman–Crippen MR) is 80.6 cm³/mol. The molecule has 1 atom stereocenters. The fourth-order valence-corrected chi connectivity index (χ4v) is 2.62. The van der Waals surface area contributed by atoms with Gasteiger partial charge < -0.3 is 15.0 Å². The third-order valence-electron chi connectivity index (χ3n) is 3.69. The molecule has 1 unspecified atom stereocenters. The molecule has 0 aromatic heterocycles. The van der Waals surface area contributed by atoms with Gasteiger partial charge in [-0.1, -0.05) is 6.07 Å². The maximum atomic E-state index is 13.6. The summed E-state index contributed by atoms with van der Waals surface area (Å²) < 4.78 is 18.4. The van der Waals surface area contributed by atoms with Crippen molar-refractivity contribution in [1.82, 2.24) is 10.2 Å². The highest BCUT2D eigenvalue weighted by Crippen LogP contribution is 2.20. The number of rotatable bonds is 5. The molecule has 1 N–H and O–H groups in total. The highest BCUT2D eigenvalue weighted by atomic mass is 19.1. The van der Waals surface area contributed by atoms with Gasteiger partial charge in [0.25, 0.3) is 0 Å². The molecular formula is C16H21FN2O2. The SMILES string of the molecule is CNCC1CCCN1C(=O)C=Cc1ccc(OC)c(F)c1. The summed E-state index contributed by atoms with van der Waals surface area (Å²) in [7, 11) is 3.31. The zero-order chi connectivity index (χ0) is 15.2. The molecule has 5 heteroatoms. The summed E-state index contributed by atoms with van der Waals surface area (Å²) in [6.07, 6.45) is 5.20. The van der Waals surface area contributed by atoms with Crippen LogP contribution in [0.2, 0.25) is 0 Å². The summed E-state index contributed by atoms with van der Waals surface area (Å²) in [6.45, 7) is 1.59. The third kappa shape index (κ3) is 3.82. The maximum absolute atomic E-state index is 13.6. The summed E-state index contributed by atoms with van der Waals surface area (Å²) in [5, 5.41) is 3.11. The Morgan fingerprint density at radius 1 is 1.57 bits per heavy atom. The number of ether oxygens (including phenoxy) is 1. The van der Waals surface area contributed by atoms with Crippen LogP contribution in [0.4, 0.5) is 4.39 Å². The summed E-state index contributed by atoms with van der Waals surface area (Å²) >= 11 is 0. The van der Waals surface area contributed by atoms with Gasteiger partial charge in [-0.15, -0.1) is 0 Å². The number of nitrogens with one attached hydrogen (secondary N) is 1. The average molecular weight is 292 g/mol. The molecule has 1 aliphatic heterocycles. The zero-order valence-corrected chi connectivity index (χ0v) is 12.4. The van der Waals surface area contributed by atoms with Crippen LogP contribution in [0.25, 0.3) is 6.08 Å². The smallest absolute Gasteiger partial charge is 0.246 e. The number of likely N-dealkylation sites (N-methyl/N-ethyl adjacent to an activating group) is 1. The number of amides is 1. The van der Waals surface area contributed by atoms with Gasteiger partial charge in [-0.2, -0.15) is 0 Å². The number of hydrogen-bond donors (Lipinski definition) is 1. The van der Waals surface area contributed by atoms with Crippen LogP contribution >= 0.6 is 0 Å². The number of carbonyl (C=O) groups is 1. The van der Waals surface area contributed by atoms with Gasteiger partial charge in [0, 0.05) is 25.2 Å². The lowest BCUT2D eigenvalue weighted by atomic mass is 10.2. The van der Waals surface area contributed by atoms with Gasteiger partial charge in [-0.25, -0.2) is 4.39 Å². The van der Waals surface area contributed by atoms with Crippen molar-refractivity contribution in [2.45, 2.75) is 18.9 Å². The van der Waals surface area contributed by atoms with Crippen molar-refractivity contribution in [2.75, 3.05) is 27.2 Å². The van der Waals surface area contributed by atoms with E-state index >= 15 is 0 Å². The fourth-order valence-electron chi connectivity index (χ4n) is 2.62. The average Bonchev–Trinajstić information content (AvgIpc) is 2.93. The van der Waals surface area contributed by atoms with E-state index in [1.54, 1.807) is 18.2 Å². The van der Waals surface area contributed by atoms with Gasteiger partial charge in [-0.05, 0) is 43.7 Å². The van der Waals surface area contributed by atoms with Crippen LogP contribution in [0.5, 0.6) is 5.75 Å². The zero-order valence-electron chi connectivity index (χ0n) is 12.4. The first-order valence-electron chi connectivity index (χ1n) is 7.12. The highest BCUT2D eigenvalue weighted by Gasteiger charge is 2.26. The fraction of sp³-hybridized carbons (Fsp3) is 0.438. The van der Waals surface area contributed by atoms with Gasteiger partial charge >= 0.3 is 0 Å². The van der Waals surface area contributed by atoms with E-state index in [1.165, 1.54) is 19.3 Å². The Kier molecular flexibility index (Phi) is 5.33. The molecule has 0 bridgehead atoms. The van der Waals surface area contributed by atoms with Crippen LogP contribution in [-0.2, 0) is 4.79 Å². The van der Waals surface area contributed by atoms with E-state index in [9.17, 15) is 9.18 Å². The van der Waals surface area contributed by atoms with Crippen LogP contribution in [0.15, 0.2) is 24.3 Å². The second-order valence-corrected chi connectivity index (χ2v) is 5.11. The van der Waals surface area contributed by atoms with Crippen LogP contribution in [0.3, 0.4) is 0 Å². The molecule has 0 radical (unpaired) electrons. The largest absolute Gasteiger partial charge is 0.494 e. The number of benzene rings is 1. The molecule has 4 nitrogen and oxygen atoms in total. The molecule has 1 aromatic carbocycles. The highest BCUT2D eigenvalue weighted by molar-refractivity contribution is 5.92. The van der Waals surface area contributed by atoms with Crippen molar-refractivity contribution in [3.8, 4) is 5.75 Å². The lowest BCUT2D eigenvalue weighted by molar-refractivity contribution is -0.126. The molecule has 1 amide bonds. The second kappa shape index (κ2) is 7.22. The number of nitrogens with zero attached hydrogens (tertiary/aromatic N) is 1. The Morgan fingerprint density at radius 2 is 2.38 bits per heavy atom. The summed E-state index contributed by atoms with van der Waals surface area (Å²) in [5.74, 6) is -0.252. The predicted octanol–water partition coefficient (Wildman–Crippen LogP) is 2.06. The minimum Gasteiger partial charge on any atom is -0.494 e. The van der Waals surface area contributed by atoms with E-state index in [1.807, 2.05) is 11.9 Å². The Hall–Kier alpha value is -1.88. The van der Waals surface area contributed by atoms with Crippen molar-refractivity contribution in [1.29, 1.82) is 0 Å². The van der Waals surface area contributed by atoms with Gasteiger partial charge in [0.05, 0.1) is 7.11 Å². The molecule has 21 heavy (non-hydrogen) atoms. The van der Waals surface area contributed by atoms with Crippen molar-refractivity contribution >= 4 is 12.0 Å². The summed E-state index contributed by atoms with van der Waals surface area (Å²) in [4.78, 5) is 14.1. The van der Waals surface area contributed by atoms with E-state index in [2.05, 4.69) is 5.32 Å². The standard InChI is InChI=1S/C16H21FN2O2/c1-18-11-13-4-3-9-19(13)16(20)8-6-12-5-7-15(21-2)14(17)10-12/h5-8,10,13,18H,3-4,9,11H2,1-2H3. The number of likely N-dealkylation sites (tertiary alicyclic amines) is 1. The molecule has 0 saturated carbocycles. The van der Waals surface area contributed by atoms with Crippen LogP contribution < -0.4 is 10.1 Å². The van der Waals surface area contributed by atoms with Crippen molar-refractivity contribution in [3.63, 3.8) is 0 Å². The first-order chi connectivity index (χ1) is 10.2. The Balaban J connectivity index is 2.03. The molecule has 1 saturated heterocycles. The third-order valence-corrected chi connectivity index (χ3v) is 3.69. The molecule has 0 spiro atoms. The molecule has 1 aromatic rings. The van der Waals surface area contributed by atoms with E-state index in [-0.39, 0.29) is 17.7 Å². The van der Waals surface area contributed by atoms with E-state index in [0.29, 0.717) is 5.56 Å². The summed E-state index contributed by atoms with van der Waals surface area (Å²) in [5.41, 5.74) is 0.644. The lowest BCUT2D eigenvalue weighted by Crippen LogP contribution is -2.39. The van der Waals surface area contributed by atoms with Gasteiger partial charge in [0.1, 0.15) is 0 Å². The molecule has 1 fully saturated rings. The molecule has 114 valence electrons. The Bertz CT molecular complexity index is 531. The topological polar surface area (TPSA) is 41.6 Å². The van der Waals surface area contributed by atoms with E-state index in [4.69, 9.17) is 4.74 Å². The van der Waals surface area contributed by atoms with Crippen LogP contribution in [0.1, 0.15) is 18.4 Å². The van der Waals surface area contributed by atoms with Crippen molar-refractivity contribution < 1.29 is 13.9 Å². The van der Waals surface area contributed by atoms with Crippen molar-refractivity contribution in [2.24, 2.45) is 0 Å². The Labute approximate surface area is 124 Å². The first-order valence-corrected chi connectivity index (χ1v) is 7.12. The number of halogens is 1. The number of methoxy groups -OCH3 is 1. The molecular weight excluding hydrogens is 271 g/mol.